The van der Waals surface area contributed by atoms with Gasteiger partial charge in [0, 0.05) is 42.8 Å². The van der Waals surface area contributed by atoms with E-state index in [1.54, 1.807) is 0 Å². The second-order valence-electron chi connectivity index (χ2n) is 8.37. The SMILES string of the molecule is CCCCN1C[C@H](C(=O)N2CCCC2)C=C2c3cccc4[nH]cc(c34)C[C@H]21. The standard InChI is InChI=1S/C23H29N3O/c1-2-3-9-26-15-17(23(27)25-10-4-5-11-25)12-19-18-7-6-8-20-22(18)16(14-24-20)13-21(19)26/h6-8,12,14,17,21,24H,2-5,9-11,13,15H2,1H3/t17-,21-/m1/s1. The summed E-state index contributed by atoms with van der Waals surface area (Å²) in [6, 6.07) is 6.96. The molecule has 1 N–H and O–H groups in total. The summed E-state index contributed by atoms with van der Waals surface area (Å²) in [4.78, 5) is 21.3. The van der Waals surface area contributed by atoms with E-state index in [0.717, 1.165) is 45.4 Å². The van der Waals surface area contributed by atoms with E-state index in [0.29, 0.717) is 11.9 Å². The van der Waals surface area contributed by atoms with Gasteiger partial charge in [0.05, 0.1) is 5.92 Å². The van der Waals surface area contributed by atoms with E-state index in [9.17, 15) is 4.79 Å². The molecule has 4 nitrogen and oxygen atoms in total. The van der Waals surface area contributed by atoms with Gasteiger partial charge in [-0.1, -0.05) is 31.6 Å². The summed E-state index contributed by atoms with van der Waals surface area (Å²) in [6.45, 7) is 6.08. The lowest BCUT2D eigenvalue weighted by Gasteiger charge is -2.42. The number of hydrogen-bond acceptors (Lipinski definition) is 2. The van der Waals surface area contributed by atoms with Crippen LogP contribution in [0.4, 0.5) is 0 Å². The minimum Gasteiger partial charge on any atom is -0.361 e. The monoisotopic (exact) mass is 363 g/mol. The van der Waals surface area contributed by atoms with Gasteiger partial charge in [-0.3, -0.25) is 9.69 Å². The molecule has 2 aliphatic heterocycles. The van der Waals surface area contributed by atoms with Crippen LogP contribution in [0.15, 0.2) is 30.5 Å². The van der Waals surface area contributed by atoms with Crippen molar-refractivity contribution in [3.05, 3.63) is 41.6 Å². The molecule has 0 saturated carbocycles. The fraction of sp³-hybridized carbons (Fsp3) is 0.522. The minimum absolute atomic E-state index is 0.00181. The first-order chi connectivity index (χ1) is 13.3. The van der Waals surface area contributed by atoms with Gasteiger partial charge in [0.15, 0.2) is 0 Å². The minimum atomic E-state index is 0.00181. The average Bonchev–Trinajstić information content (AvgIpc) is 3.37. The van der Waals surface area contributed by atoms with Crippen molar-refractivity contribution in [1.29, 1.82) is 0 Å². The third kappa shape index (κ3) is 2.82. The van der Waals surface area contributed by atoms with Crippen molar-refractivity contribution in [2.75, 3.05) is 26.2 Å². The number of aromatic amines is 1. The third-order valence-electron chi connectivity index (χ3n) is 6.66. The van der Waals surface area contributed by atoms with Gasteiger partial charge in [0.25, 0.3) is 0 Å². The number of fused-ring (bicyclic) bond motifs is 2. The molecule has 0 radical (unpaired) electrons. The van der Waals surface area contributed by atoms with Crippen LogP contribution in [-0.2, 0) is 11.2 Å². The molecule has 1 aromatic heterocycles. The molecule has 5 rings (SSSR count). The summed E-state index contributed by atoms with van der Waals surface area (Å²) in [5.41, 5.74) is 5.36. The summed E-state index contributed by atoms with van der Waals surface area (Å²) in [6.07, 6.45) is 10.3. The molecule has 2 atom stereocenters. The van der Waals surface area contributed by atoms with E-state index in [-0.39, 0.29) is 5.92 Å². The average molecular weight is 364 g/mol. The first-order valence-corrected chi connectivity index (χ1v) is 10.6. The number of nitrogens with zero attached hydrogens (tertiary/aromatic N) is 2. The van der Waals surface area contributed by atoms with Crippen molar-refractivity contribution >= 4 is 22.4 Å². The molecule has 1 saturated heterocycles. The molecule has 3 heterocycles. The lowest BCUT2D eigenvalue weighted by molar-refractivity contribution is -0.133. The van der Waals surface area contributed by atoms with E-state index < -0.39 is 0 Å². The zero-order valence-corrected chi connectivity index (χ0v) is 16.2. The zero-order valence-electron chi connectivity index (χ0n) is 16.2. The number of H-pyrrole nitrogens is 1. The van der Waals surface area contributed by atoms with Gasteiger partial charge in [-0.05, 0) is 55.0 Å². The number of benzene rings is 1. The largest absolute Gasteiger partial charge is 0.361 e. The van der Waals surface area contributed by atoms with Crippen LogP contribution >= 0.6 is 0 Å². The van der Waals surface area contributed by atoms with Crippen LogP contribution in [0.3, 0.4) is 0 Å². The molecule has 1 aliphatic carbocycles. The summed E-state index contributed by atoms with van der Waals surface area (Å²) >= 11 is 0. The van der Waals surface area contributed by atoms with Crippen LogP contribution in [0, 0.1) is 5.92 Å². The summed E-state index contributed by atoms with van der Waals surface area (Å²) < 4.78 is 0. The smallest absolute Gasteiger partial charge is 0.230 e. The number of carbonyl (C=O) groups is 1. The van der Waals surface area contributed by atoms with Gasteiger partial charge in [0.1, 0.15) is 0 Å². The van der Waals surface area contributed by atoms with Gasteiger partial charge in [-0.15, -0.1) is 0 Å². The normalized spacial score (nSPS) is 24.9. The fourth-order valence-electron chi connectivity index (χ4n) is 5.26. The van der Waals surface area contributed by atoms with Crippen LogP contribution in [-0.4, -0.2) is 52.9 Å². The molecular formula is C23H29N3O. The quantitative estimate of drug-likeness (QED) is 0.897. The Kier molecular flexibility index (Phi) is 4.31. The Morgan fingerprint density at radius 1 is 1.26 bits per heavy atom. The van der Waals surface area contributed by atoms with Crippen LogP contribution < -0.4 is 0 Å². The number of nitrogens with one attached hydrogen (secondary N) is 1. The molecular weight excluding hydrogens is 334 g/mol. The molecule has 0 spiro atoms. The summed E-state index contributed by atoms with van der Waals surface area (Å²) in [5, 5.41) is 1.37. The lowest BCUT2D eigenvalue weighted by atomic mass is 9.79. The molecule has 1 amide bonds. The van der Waals surface area contributed by atoms with E-state index in [2.05, 4.69) is 52.2 Å². The number of carbonyl (C=O) groups excluding carboxylic acids is 1. The number of likely N-dealkylation sites (tertiary alicyclic amines) is 1. The number of aromatic nitrogens is 1. The highest BCUT2D eigenvalue weighted by Crippen LogP contribution is 2.41. The van der Waals surface area contributed by atoms with Gasteiger partial charge in [0.2, 0.25) is 5.91 Å². The number of hydrogen-bond donors (Lipinski definition) is 1. The van der Waals surface area contributed by atoms with Gasteiger partial charge >= 0.3 is 0 Å². The topological polar surface area (TPSA) is 39.3 Å². The van der Waals surface area contributed by atoms with E-state index in [4.69, 9.17) is 0 Å². The number of rotatable bonds is 4. The second-order valence-corrected chi connectivity index (χ2v) is 8.37. The van der Waals surface area contributed by atoms with Crippen molar-refractivity contribution in [3.8, 4) is 0 Å². The second kappa shape index (κ2) is 6.83. The first-order valence-electron chi connectivity index (χ1n) is 10.6. The van der Waals surface area contributed by atoms with Gasteiger partial charge in [-0.25, -0.2) is 0 Å². The van der Waals surface area contributed by atoms with Crippen molar-refractivity contribution in [2.24, 2.45) is 5.92 Å². The Bertz CT molecular complexity index is 890. The van der Waals surface area contributed by atoms with E-state index in [1.807, 2.05) is 0 Å². The van der Waals surface area contributed by atoms with Crippen molar-refractivity contribution < 1.29 is 4.79 Å². The van der Waals surface area contributed by atoms with Crippen LogP contribution in [0.1, 0.15) is 43.7 Å². The molecule has 27 heavy (non-hydrogen) atoms. The first kappa shape index (κ1) is 17.1. The molecule has 1 aromatic carbocycles. The Morgan fingerprint density at radius 2 is 2.11 bits per heavy atom. The maximum Gasteiger partial charge on any atom is 0.230 e. The predicted octanol–water partition coefficient (Wildman–Crippen LogP) is 3.83. The summed E-state index contributed by atoms with van der Waals surface area (Å²) in [7, 11) is 0. The fourth-order valence-corrected chi connectivity index (χ4v) is 5.26. The van der Waals surface area contributed by atoms with E-state index in [1.165, 1.54) is 40.4 Å². The Labute approximate surface area is 161 Å². The summed E-state index contributed by atoms with van der Waals surface area (Å²) in [5.74, 6) is 0.342. The molecule has 1 fully saturated rings. The Morgan fingerprint density at radius 3 is 2.93 bits per heavy atom. The van der Waals surface area contributed by atoms with Gasteiger partial charge in [-0.2, -0.15) is 0 Å². The molecule has 142 valence electrons. The van der Waals surface area contributed by atoms with Crippen molar-refractivity contribution in [1.82, 2.24) is 14.8 Å². The zero-order chi connectivity index (χ0) is 18.4. The van der Waals surface area contributed by atoms with Gasteiger partial charge < -0.3 is 9.88 Å². The van der Waals surface area contributed by atoms with Crippen LogP contribution in [0.25, 0.3) is 16.5 Å². The Hall–Kier alpha value is -2.07. The Balaban J connectivity index is 1.56. The molecule has 3 aliphatic rings. The maximum atomic E-state index is 13.2. The molecule has 2 aromatic rings. The molecule has 4 heteroatoms. The van der Waals surface area contributed by atoms with E-state index >= 15 is 0 Å². The van der Waals surface area contributed by atoms with Crippen LogP contribution in [0.2, 0.25) is 0 Å². The molecule has 0 bridgehead atoms. The highest BCUT2D eigenvalue weighted by molar-refractivity contribution is 5.99. The third-order valence-corrected chi connectivity index (χ3v) is 6.66. The maximum absolute atomic E-state index is 13.2. The molecule has 0 unspecified atom stereocenters. The van der Waals surface area contributed by atoms with Crippen molar-refractivity contribution in [2.45, 2.75) is 45.1 Å². The predicted molar refractivity (Wildman–Crippen MR) is 110 cm³/mol. The lowest BCUT2D eigenvalue weighted by Crippen LogP contribution is -2.49. The van der Waals surface area contributed by atoms with Crippen molar-refractivity contribution in [3.63, 3.8) is 0 Å². The number of amides is 1. The number of unbranched alkanes of at least 4 members (excludes halogenated alkanes) is 1. The van der Waals surface area contributed by atoms with Crippen LogP contribution in [0.5, 0.6) is 0 Å². The highest BCUT2D eigenvalue weighted by Gasteiger charge is 2.38. The highest BCUT2D eigenvalue weighted by atomic mass is 16.2.